The highest BCUT2D eigenvalue weighted by atomic mass is 19.1. The van der Waals surface area contributed by atoms with Gasteiger partial charge in [0.1, 0.15) is 11.6 Å². The van der Waals surface area contributed by atoms with Crippen molar-refractivity contribution in [3.63, 3.8) is 0 Å². The maximum absolute atomic E-state index is 13.5. The van der Waals surface area contributed by atoms with Crippen LogP contribution in [-0.2, 0) is 16.1 Å². The zero-order valence-electron chi connectivity index (χ0n) is 8.29. The second-order valence-corrected chi connectivity index (χ2v) is 2.95. The molecule has 0 amide bonds. The predicted octanol–water partition coefficient (Wildman–Crippen LogP) is 1.38. The van der Waals surface area contributed by atoms with Gasteiger partial charge in [-0.05, 0) is 12.1 Å². The fourth-order valence-electron chi connectivity index (χ4n) is 1.16. The SMILES string of the molecule is COCc1c(F)ccc(C(=O)C(=O)O)c1F. The van der Waals surface area contributed by atoms with Crippen molar-refractivity contribution in [1.29, 1.82) is 0 Å². The van der Waals surface area contributed by atoms with Gasteiger partial charge in [0.05, 0.1) is 12.2 Å². The van der Waals surface area contributed by atoms with E-state index in [9.17, 15) is 18.4 Å². The molecule has 4 nitrogen and oxygen atoms in total. The molecular weight excluding hydrogens is 222 g/mol. The molecule has 86 valence electrons. The third kappa shape index (κ3) is 2.22. The van der Waals surface area contributed by atoms with Crippen LogP contribution in [0.4, 0.5) is 8.78 Å². The molecule has 0 spiro atoms. The molecule has 1 aromatic carbocycles. The number of hydrogen-bond acceptors (Lipinski definition) is 3. The lowest BCUT2D eigenvalue weighted by Crippen LogP contribution is -2.16. The highest BCUT2D eigenvalue weighted by molar-refractivity contribution is 6.39. The van der Waals surface area contributed by atoms with E-state index in [0.717, 1.165) is 12.1 Å². The standard InChI is InChI=1S/C10H8F2O4/c1-16-4-6-7(11)3-2-5(8(6)12)9(13)10(14)15/h2-3H,4H2,1H3,(H,14,15). The molecule has 16 heavy (non-hydrogen) atoms. The van der Waals surface area contributed by atoms with Crippen molar-refractivity contribution in [3.8, 4) is 0 Å². The van der Waals surface area contributed by atoms with Crippen LogP contribution in [0.5, 0.6) is 0 Å². The number of carboxylic acids is 1. The van der Waals surface area contributed by atoms with E-state index >= 15 is 0 Å². The number of aliphatic carboxylic acids is 1. The molecule has 0 heterocycles. The Bertz CT molecular complexity index is 443. The molecule has 0 unspecified atom stereocenters. The molecule has 0 saturated heterocycles. The van der Waals surface area contributed by atoms with Crippen LogP contribution >= 0.6 is 0 Å². The van der Waals surface area contributed by atoms with Crippen molar-refractivity contribution in [2.24, 2.45) is 0 Å². The molecule has 1 N–H and O–H groups in total. The van der Waals surface area contributed by atoms with Gasteiger partial charge in [-0.3, -0.25) is 4.79 Å². The van der Waals surface area contributed by atoms with Crippen molar-refractivity contribution in [1.82, 2.24) is 0 Å². The van der Waals surface area contributed by atoms with Gasteiger partial charge in [0.2, 0.25) is 0 Å². The lowest BCUT2D eigenvalue weighted by Gasteiger charge is -2.06. The van der Waals surface area contributed by atoms with Crippen molar-refractivity contribution in [2.75, 3.05) is 7.11 Å². The van der Waals surface area contributed by atoms with Gasteiger partial charge in [-0.2, -0.15) is 0 Å². The van der Waals surface area contributed by atoms with Crippen LogP contribution < -0.4 is 0 Å². The summed E-state index contributed by atoms with van der Waals surface area (Å²) in [5, 5.41) is 8.41. The maximum atomic E-state index is 13.5. The van der Waals surface area contributed by atoms with Crippen LogP contribution in [0.2, 0.25) is 0 Å². The Morgan fingerprint density at radius 3 is 2.50 bits per heavy atom. The minimum atomic E-state index is -1.80. The van der Waals surface area contributed by atoms with E-state index in [-0.39, 0.29) is 6.61 Å². The van der Waals surface area contributed by atoms with E-state index in [0.29, 0.717) is 0 Å². The highest BCUT2D eigenvalue weighted by Gasteiger charge is 2.22. The fourth-order valence-corrected chi connectivity index (χ4v) is 1.16. The number of carbonyl (C=O) groups excluding carboxylic acids is 1. The number of Topliss-reactive ketones (excluding diaryl/α,β-unsaturated/α-hetero) is 1. The summed E-state index contributed by atoms with van der Waals surface area (Å²) in [5.41, 5.74) is -1.14. The van der Waals surface area contributed by atoms with Gasteiger partial charge in [-0.25, -0.2) is 13.6 Å². The molecule has 0 aromatic heterocycles. The first-order chi connectivity index (χ1) is 7.49. The summed E-state index contributed by atoms with van der Waals surface area (Å²) in [7, 11) is 1.23. The number of ketones is 1. The molecule has 0 fully saturated rings. The fraction of sp³-hybridized carbons (Fsp3) is 0.200. The predicted molar refractivity (Wildman–Crippen MR) is 49.0 cm³/mol. The minimum absolute atomic E-state index is 0.377. The van der Waals surface area contributed by atoms with E-state index < -0.39 is 34.5 Å². The number of benzene rings is 1. The Kier molecular flexibility index (Phi) is 3.68. The van der Waals surface area contributed by atoms with Gasteiger partial charge in [-0.1, -0.05) is 0 Å². The molecule has 0 radical (unpaired) electrons. The zero-order valence-corrected chi connectivity index (χ0v) is 8.29. The molecule has 0 aliphatic carbocycles. The van der Waals surface area contributed by atoms with Crippen LogP contribution in [0, 0.1) is 11.6 Å². The Balaban J connectivity index is 3.28. The summed E-state index contributed by atoms with van der Waals surface area (Å²) in [5.74, 6) is -5.31. The van der Waals surface area contributed by atoms with Crippen LogP contribution in [0.25, 0.3) is 0 Å². The summed E-state index contributed by atoms with van der Waals surface area (Å²) in [6, 6.07) is 1.62. The molecule has 6 heteroatoms. The molecule has 0 bridgehead atoms. The van der Waals surface area contributed by atoms with Crippen LogP contribution in [0.3, 0.4) is 0 Å². The average Bonchev–Trinajstić information content (AvgIpc) is 2.23. The highest BCUT2D eigenvalue weighted by Crippen LogP contribution is 2.18. The van der Waals surface area contributed by atoms with Crippen LogP contribution in [0.15, 0.2) is 12.1 Å². The molecule has 0 saturated carbocycles. The third-order valence-corrected chi connectivity index (χ3v) is 1.91. The smallest absolute Gasteiger partial charge is 0.377 e. The molecule has 0 aliphatic heterocycles. The van der Waals surface area contributed by atoms with Gasteiger partial charge in [0.15, 0.2) is 0 Å². The second-order valence-electron chi connectivity index (χ2n) is 2.95. The third-order valence-electron chi connectivity index (χ3n) is 1.91. The van der Waals surface area contributed by atoms with Crippen molar-refractivity contribution < 1.29 is 28.2 Å². The van der Waals surface area contributed by atoms with E-state index in [4.69, 9.17) is 5.11 Å². The number of halogens is 2. The summed E-state index contributed by atoms with van der Waals surface area (Å²) < 4.78 is 31.2. The average molecular weight is 230 g/mol. The number of ether oxygens (including phenoxy) is 1. The van der Waals surface area contributed by atoms with Crippen molar-refractivity contribution in [2.45, 2.75) is 6.61 Å². The molecule has 0 atom stereocenters. The maximum Gasteiger partial charge on any atom is 0.377 e. The second kappa shape index (κ2) is 4.80. The minimum Gasteiger partial charge on any atom is -0.475 e. The molecule has 0 aliphatic rings. The number of methoxy groups -OCH3 is 1. The van der Waals surface area contributed by atoms with Crippen molar-refractivity contribution in [3.05, 3.63) is 34.9 Å². The Morgan fingerprint density at radius 1 is 1.38 bits per heavy atom. The number of rotatable bonds is 4. The quantitative estimate of drug-likeness (QED) is 0.626. The number of hydrogen-bond donors (Lipinski definition) is 1. The first kappa shape index (κ1) is 12.3. The molecule has 1 aromatic rings. The monoisotopic (exact) mass is 230 g/mol. The number of carbonyl (C=O) groups is 2. The Labute approximate surface area is 89.5 Å². The van der Waals surface area contributed by atoms with Gasteiger partial charge in [0, 0.05) is 12.7 Å². The van der Waals surface area contributed by atoms with E-state index in [1.54, 1.807) is 0 Å². The van der Waals surface area contributed by atoms with E-state index in [1.807, 2.05) is 0 Å². The Morgan fingerprint density at radius 2 is 2.00 bits per heavy atom. The first-order valence-electron chi connectivity index (χ1n) is 4.22. The summed E-state index contributed by atoms with van der Waals surface area (Å²) in [4.78, 5) is 21.4. The van der Waals surface area contributed by atoms with E-state index in [1.165, 1.54) is 7.11 Å². The van der Waals surface area contributed by atoms with Gasteiger partial charge >= 0.3 is 5.97 Å². The summed E-state index contributed by atoms with van der Waals surface area (Å²) in [6.07, 6.45) is 0. The van der Waals surface area contributed by atoms with Crippen molar-refractivity contribution >= 4 is 11.8 Å². The Hall–Kier alpha value is -1.82. The normalized spacial score (nSPS) is 10.2. The lowest BCUT2D eigenvalue weighted by molar-refractivity contribution is -0.131. The summed E-state index contributed by atoms with van der Waals surface area (Å²) >= 11 is 0. The molecule has 1 rings (SSSR count). The lowest BCUT2D eigenvalue weighted by atomic mass is 10.1. The van der Waals surface area contributed by atoms with Crippen LogP contribution in [0.1, 0.15) is 15.9 Å². The summed E-state index contributed by atoms with van der Waals surface area (Å²) in [6.45, 7) is -0.377. The number of carboxylic acid groups (broad SMARTS) is 1. The van der Waals surface area contributed by atoms with Gasteiger partial charge in [-0.15, -0.1) is 0 Å². The van der Waals surface area contributed by atoms with E-state index in [2.05, 4.69) is 4.74 Å². The largest absolute Gasteiger partial charge is 0.475 e. The topological polar surface area (TPSA) is 63.6 Å². The zero-order chi connectivity index (χ0) is 12.3. The molecular formula is C10H8F2O4. The van der Waals surface area contributed by atoms with Gasteiger partial charge in [0.25, 0.3) is 5.78 Å². The van der Waals surface area contributed by atoms with Crippen LogP contribution in [-0.4, -0.2) is 24.0 Å². The van der Waals surface area contributed by atoms with Gasteiger partial charge < -0.3 is 9.84 Å². The first-order valence-corrected chi connectivity index (χ1v) is 4.22.